The number of unbranched alkanes of at least 4 members (excludes halogenated alkanes) is 10. The van der Waals surface area contributed by atoms with Crippen LogP contribution in [0.25, 0.3) is 22.3 Å². The van der Waals surface area contributed by atoms with E-state index in [0.717, 1.165) is 24.0 Å². The summed E-state index contributed by atoms with van der Waals surface area (Å²) in [7, 11) is 0. The lowest BCUT2D eigenvalue weighted by Gasteiger charge is -2.18. The van der Waals surface area contributed by atoms with Crippen LogP contribution >= 0.6 is 0 Å². The molecule has 0 radical (unpaired) electrons. The first-order chi connectivity index (χ1) is 18.7. The highest BCUT2D eigenvalue weighted by atomic mass is 14.2. The summed E-state index contributed by atoms with van der Waals surface area (Å²) < 4.78 is 0. The Kier molecular flexibility index (Phi) is 12.8. The van der Waals surface area contributed by atoms with E-state index in [-0.39, 0.29) is 0 Å². The molecule has 0 bridgehead atoms. The van der Waals surface area contributed by atoms with Crippen molar-refractivity contribution >= 4 is 0 Å². The van der Waals surface area contributed by atoms with Gasteiger partial charge in [-0.05, 0) is 83.3 Å². The molecule has 0 N–H and O–H groups in total. The van der Waals surface area contributed by atoms with Crippen molar-refractivity contribution in [2.24, 2.45) is 0 Å². The van der Waals surface area contributed by atoms with Gasteiger partial charge >= 0.3 is 0 Å². The zero-order chi connectivity index (χ0) is 27.0. The third kappa shape index (κ3) is 8.96. The topological polar surface area (TPSA) is 0 Å². The minimum absolute atomic E-state index is 0.917. The van der Waals surface area contributed by atoms with Gasteiger partial charge in [0.25, 0.3) is 0 Å². The third-order valence-corrected chi connectivity index (χ3v) is 7.66. The van der Waals surface area contributed by atoms with Crippen molar-refractivity contribution in [1.82, 2.24) is 0 Å². The van der Waals surface area contributed by atoms with Gasteiger partial charge in [-0.15, -0.1) is 12.8 Å². The van der Waals surface area contributed by atoms with E-state index in [0.29, 0.717) is 0 Å². The summed E-state index contributed by atoms with van der Waals surface area (Å²) in [6.45, 7) is 4.57. The lowest BCUT2D eigenvalue weighted by Crippen LogP contribution is -1.99. The monoisotopic (exact) mass is 502 g/mol. The van der Waals surface area contributed by atoms with Gasteiger partial charge in [0.15, 0.2) is 0 Å². The minimum atomic E-state index is 0.917. The van der Waals surface area contributed by atoms with Crippen LogP contribution in [-0.2, 0) is 12.8 Å². The molecule has 0 heteroatoms. The van der Waals surface area contributed by atoms with Crippen LogP contribution in [0.4, 0.5) is 0 Å². The number of hydrogen-bond acceptors (Lipinski definition) is 0. The van der Waals surface area contributed by atoms with Crippen LogP contribution in [-0.4, -0.2) is 0 Å². The van der Waals surface area contributed by atoms with Crippen molar-refractivity contribution in [3.05, 3.63) is 82.9 Å². The van der Waals surface area contributed by atoms with Crippen molar-refractivity contribution < 1.29 is 0 Å². The average molecular weight is 503 g/mol. The maximum absolute atomic E-state index is 5.65. The second-order valence-electron chi connectivity index (χ2n) is 10.6. The Morgan fingerprint density at radius 2 is 0.816 bits per heavy atom. The number of hydrogen-bond donors (Lipinski definition) is 0. The molecule has 0 saturated carbocycles. The molecule has 0 fully saturated rings. The Morgan fingerprint density at radius 3 is 1.16 bits per heavy atom. The highest BCUT2D eigenvalue weighted by Crippen LogP contribution is 2.36. The molecule has 38 heavy (non-hydrogen) atoms. The fourth-order valence-corrected chi connectivity index (χ4v) is 5.32. The van der Waals surface area contributed by atoms with E-state index in [9.17, 15) is 0 Å². The molecule has 0 unspecified atom stereocenters. The van der Waals surface area contributed by atoms with E-state index in [2.05, 4.69) is 86.4 Å². The number of terminal acetylenes is 2. The second kappa shape index (κ2) is 16.6. The minimum Gasteiger partial charge on any atom is -0.115 e. The molecule has 198 valence electrons. The van der Waals surface area contributed by atoms with Gasteiger partial charge in [0.2, 0.25) is 0 Å². The molecule has 0 spiro atoms. The molecular formula is C38H46. The molecule has 3 rings (SSSR count). The SMILES string of the molecule is C#Cc1ccc(-c2cc(CCCCCCCC)c(CCCCCCCC)cc2-c2ccc(C#C)cc2)cc1. The Labute approximate surface area is 233 Å². The Bertz CT molecular complexity index is 1080. The van der Waals surface area contributed by atoms with Gasteiger partial charge < -0.3 is 0 Å². The maximum Gasteiger partial charge on any atom is 0.0243 e. The summed E-state index contributed by atoms with van der Waals surface area (Å²) in [4.78, 5) is 0. The molecular weight excluding hydrogens is 456 g/mol. The van der Waals surface area contributed by atoms with E-state index in [1.54, 1.807) is 0 Å². The van der Waals surface area contributed by atoms with Crippen molar-refractivity contribution in [2.45, 2.75) is 104 Å². The Balaban J connectivity index is 1.95. The zero-order valence-electron chi connectivity index (χ0n) is 23.8. The van der Waals surface area contributed by atoms with Crippen molar-refractivity contribution in [1.29, 1.82) is 0 Å². The van der Waals surface area contributed by atoms with Gasteiger partial charge in [0.1, 0.15) is 0 Å². The van der Waals surface area contributed by atoms with Gasteiger partial charge in [0, 0.05) is 11.1 Å². The van der Waals surface area contributed by atoms with E-state index in [1.165, 1.54) is 110 Å². The summed E-state index contributed by atoms with van der Waals surface area (Å²) in [5.41, 5.74) is 9.89. The van der Waals surface area contributed by atoms with Crippen LogP contribution in [0.5, 0.6) is 0 Å². The zero-order valence-corrected chi connectivity index (χ0v) is 23.8. The van der Waals surface area contributed by atoms with Crippen molar-refractivity contribution in [3.63, 3.8) is 0 Å². The summed E-state index contributed by atoms with van der Waals surface area (Å²) in [6.07, 6.45) is 29.5. The van der Waals surface area contributed by atoms with Gasteiger partial charge in [-0.25, -0.2) is 0 Å². The van der Waals surface area contributed by atoms with Crippen molar-refractivity contribution in [3.8, 4) is 46.9 Å². The molecule has 0 amide bonds. The smallest absolute Gasteiger partial charge is 0.0243 e. The number of rotatable bonds is 16. The van der Waals surface area contributed by atoms with E-state index >= 15 is 0 Å². The average Bonchev–Trinajstić information content (AvgIpc) is 2.97. The van der Waals surface area contributed by atoms with Crippen LogP contribution in [0, 0.1) is 24.7 Å². The molecule has 3 aromatic rings. The highest BCUT2D eigenvalue weighted by molar-refractivity contribution is 5.85. The molecule has 3 aromatic carbocycles. The summed E-state index contributed by atoms with van der Waals surface area (Å²) >= 11 is 0. The summed E-state index contributed by atoms with van der Waals surface area (Å²) in [6, 6.07) is 21.9. The van der Waals surface area contributed by atoms with E-state index < -0.39 is 0 Å². The van der Waals surface area contributed by atoms with Gasteiger partial charge in [-0.2, -0.15) is 0 Å². The van der Waals surface area contributed by atoms with Gasteiger partial charge in [0.05, 0.1) is 0 Å². The molecule has 0 heterocycles. The van der Waals surface area contributed by atoms with Gasteiger partial charge in [-0.3, -0.25) is 0 Å². The quantitative estimate of drug-likeness (QED) is 0.135. The van der Waals surface area contributed by atoms with Crippen LogP contribution in [0.2, 0.25) is 0 Å². The van der Waals surface area contributed by atoms with Crippen LogP contribution in [0.3, 0.4) is 0 Å². The molecule has 0 aromatic heterocycles. The molecule has 0 atom stereocenters. The fraction of sp³-hybridized carbons (Fsp3) is 0.421. The molecule has 0 aliphatic carbocycles. The molecule has 0 aliphatic rings. The largest absolute Gasteiger partial charge is 0.115 e. The lowest BCUT2D eigenvalue weighted by molar-refractivity contribution is 0.599. The van der Waals surface area contributed by atoms with Crippen LogP contribution < -0.4 is 0 Å². The standard InChI is InChI=1S/C38H46/c1-5-9-11-13-15-17-19-35-29-37(33-25-21-31(7-3)22-26-33)38(34-27-23-32(8-4)24-28-34)30-36(35)20-18-16-14-12-10-6-2/h3-4,21-30H,5-6,9-20H2,1-2H3. The van der Waals surface area contributed by atoms with E-state index in [1.807, 2.05) is 0 Å². The first-order valence-corrected chi connectivity index (χ1v) is 15.0. The number of benzene rings is 3. The molecule has 0 aliphatic heterocycles. The first kappa shape index (κ1) is 29.3. The maximum atomic E-state index is 5.65. The van der Waals surface area contributed by atoms with Crippen molar-refractivity contribution in [2.75, 3.05) is 0 Å². The molecule has 0 nitrogen and oxygen atoms in total. The van der Waals surface area contributed by atoms with Crippen LogP contribution in [0.1, 0.15) is 113 Å². The lowest BCUT2D eigenvalue weighted by atomic mass is 9.86. The Hall–Kier alpha value is -3.22. The Morgan fingerprint density at radius 1 is 0.474 bits per heavy atom. The predicted octanol–water partition coefficient (Wildman–Crippen LogP) is 10.8. The normalized spacial score (nSPS) is 10.7. The fourth-order valence-electron chi connectivity index (χ4n) is 5.32. The third-order valence-electron chi connectivity index (χ3n) is 7.66. The van der Waals surface area contributed by atoms with Gasteiger partial charge in [-0.1, -0.05) is 126 Å². The van der Waals surface area contributed by atoms with E-state index in [4.69, 9.17) is 12.8 Å². The first-order valence-electron chi connectivity index (χ1n) is 15.0. The predicted molar refractivity (Wildman–Crippen MR) is 167 cm³/mol. The summed E-state index contributed by atoms with van der Waals surface area (Å²) in [5, 5.41) is 0. The summed E-state index contributed by atoms with van der Waals surface area (Å²) in [5.74, 6) is 5.51. The second-order valence-corrected chi connectivity index (χ2v) is 10.6. The number of aryl methyl sites for hydroxylation is 2. The van der Waals surface area contributed by atoms with Crippen LogP contribution in [0.15, 0.2) is 60.7 Å². The highest BCUT2D eigenvalue weighted by Gasteiger charge is 2.14. The molecule has 0 saturated heterocycles.